The van der Waals surface area contributed by atoms with Crippen LogP contribution in [0.4, 0.5) is 5.69 Å². The molecule has 2 rings (SSSR count). The van der Waals surface area contributed by atoms with Crippen molar-refractivity contribution in [1.29, 1.82) is 0 Å². The second-order valence-corrected chi connectivity index (χ2v) is 6.41. The molecule has 0 bridgehead atoms. The van der Waals surface area contributed by atoms with Gasteiger partial charge in [-0.25, -0.2) is 0 Å². The zero-order valence-corrected chi connectivity index (χ0v) is 13.5. The largest absolute Gasteiger partial charge is 0.481 e. The molecule has 0 radical (unpaired) electrons. The van der Waals surface area contributed by atoms with Crippen molar-refractivity contribution in [2.24, 2.45) is 5.92 Å². The number of nitrogens with zero attached hydrogens (tertiary/aromatic N) is 1. The molecular weight excluding hydrogens is 336 g/mol. The Labute approximate surface area is 132 Å². The summed E-state index contributed by atoms with van der Waals surface area (Å²) in [4.78, 5) is 24.8. The Bertz CT molecular complexity index is 548. The monoisotopic (exact) mass is 354 g/mol. The number of carbonyl (C=O) groups excluding carboxylic acids is 1. The van der Waals surface area contributed by atoms with Gasteiger partial charge in [-0.1, -0.05) is 15.9 Å². The Morgan fingerprint density at radius 1 is 1.48 bits per heavy atom. The van der Waals surface area contributed by atoms with E-state index < -0.39 is 5.97 Å². The molecule has 1 atom stereocenters. The van der Waals surface area contributed by atoms with Gasteiger partial charge in [0.25, 0.3) is 0 Å². The van der Waals surface area contributed by atoms with Gasteiger partial charge < -0.3 is 10.4 Å². The molecule has 5 nitrogen and oxygen atoms in total. The van der Waals surface area contributed by atoms with Crippen LogP contribution in [0.5, 0.6) is 0 Å². The molecule has 1 unspecified atom stereocenters. The maximum Gasteiger partial charge on any atom is 0.303 e. The Balaban J connectivity index is 1.84. The number of hydrogen-bond donors (Lipinski definition) is 2. The fourth-order valence-corrected chi connectivity index (χ4v) is 3.11. The molecule has 0 aromatic heterocycles. The molecular formula is C15H19BrN2O3. The second kappa shape index (κ2) is 7.04. The van der Waals surface area contributed by atoms with E-state index in [0.29, 0.717) is 13.1 Å². The molecule has 1 aliphatic heterocycles. The zero-order chi connectivity index (χ0) is 15.4. The summed E-state index contributed by atoms with van der Waals surface area (Å²) < 4.78 is 0.981. The lowest BCUT2D eigenvalue weighted by Gasteiger charge is -2.16. The van der Waals surface area contributed by atoms with Crippen molar-refractivity contribution in [2.75, 3.05) is 25.0 Å². The van der Waals surface area contributed by atoms with Crippen LogP contribution in [0.1, 0.15) is 18.4 Å². The van der Waals surface area contributed by atoms with Crippen molar-refractivity contribution < 1.29 is 14.7 Å². The summed E-state index contributed by atoms with van der Waals surface area (Å²) in [6.45, 7) is 3.72. The molecule has 1 amide bonds. The summed E-state index contributed by atoms with van der Waals surface area (Å²) in [6.07, 6.45) is 1.03. The molecule has 2 N–H and O–H groups in total. The minimum Gasteiger partial charge on any atom is -0.481 e. The van der Waals surface area contributed by atoms with Gasteiger partial charge >= 0.3 is 5.97 Å². The highest BCUT2D eigenvalue weighted by atomic mass is 79.9. The van der Waals surface area contributed by atoms with Gasteiger partial charge in [-0.15, -0.1) is 0 Å². The lowest BCUT2D eigenvalue weighted by Crippen LogP contribution is -2.32. The van der Waals surface area contributed by atoms with Gasteiger partial charge in [0.2, 0.25) is 5.91 Å². The SMILES string of the molecule is Cc1cc(Br)ccc1NC(=O)CN1CCC(CC(=O)O)C1. The zero-order valence-electron chi connectivity index (χ0n) is 11.9. The van der Waals surface area contributed by atoms with Crippen molar-refractivity contribution in [3.8, 4) is 0 Å². The number of rotatable bonds is 5. The second-order valence-electron chi connectivity index (χ2n) is 5.50. The van der Waals surface area contributed by atoms with Crippen LogP contribution in [0.15, 0.2) is 22.7 Å². The van der Waals surface area contributed by atoms with Crippen molar-refractivity contribution in [3.63, 3.8) is 0 Å². The number of nitrogens with one attached hydrogen (secondary N) is 1. The third-order valence-electron chi connectivity index (χ3n) is 3.66. The smallest absolute Gasteiger partial charge is 0.303 e. The van der Waals surface area contributed by atoms with Gasteiger partial charge in [0.1, 0.15) is 0 Å². The molecule has 1 saturated heterocycles. The lowest BCUT2D eigenvalue weighted by atomic mass is 10.1. The van der Waals surface area contributed by atoms with Crippen LogP contribution in [0.25, 0.3) is 0 Å². The van der Waals surface area contributed by atoms with E-state index in [-0.39, 0.29) is 18.2 Å². The summed E-state index contributed by atoms with van der Waals surface area (Å²) in [5.74, 6) is -0.669. The first-order valence-electron chi connectivity index (χ1n) is 6.94. The van der Waals surface area contributed by atoms with Gasteiger partial charge in [-0.3, -0.25) is 14.5 Å². The number of carboxylic acids is 1. The lowest BCUT2D eigenvalue weighted by molar-refractivity contribution is -0.138. The van der Waals surface area contributed by atoms with E-state index in [1.54, 1.807) is 0 Å². The van der Waals surface area contributed by atoms with Crippen LogP contribution in [-0.4, -0.2) is 41.5 Å². The fourth-order valence-electron chi connectivity index (χ4n) is 2.63. The minimum absolute atomic E-state index is 0.0589. The van der Waals surface area contributed by atoms with E-state index in [1.807, 2.05) is 30.0 Å². The number of anilines is 1. The van der Waals surface area contributed by atoms with Crippen LogP contribution in [0, 0.1) is 12.8 Å². The Hall–Kier alpha value is -1.40. The van der Waals surface area contributed by atoms with Gasteiger partial charge in [0, 0.05) is 23.1 Å². The number of aryl methyl sites for hydroxylation is 1. The average molecular weight is 355 g/mol. The summed E-state index contributed by atoms with van der Waals surface area (Å²) in [5, 5.41) is 11.7. The third kappa shape index (κ3) is 4.82. The highest BCUT2D eigenvalue weighted by Gasteiger charge is 2.25. The van der Waals surface area contributed by atoms with Gasteiger partial charge in [0.05, 0.1) is 6.54 Å². The summed E-state index contributed by atoms with van der Waals surface area (Å²) in [7, 11) is 0. The van der Waals surface area contributed by atoms with Crippen LogP contribution >= 0.6 is 15.9 Å². The molecule has 1 heterocycles. The molecule has 6 heteroatoms. The molecule has 1 aliphatic rings. The predicted molar refractivity (Wildman–Crippen MR) is 84.3 cm³/mol. The normalized spacial score (nSPS) is 18.7. The van der Waals surface area contributed by atoms with Gasteiger partial charge in [-0.05, 0) is 49.6 Å². The molecule has 0 spiro atoms. The molecule has 1 aromatic rings. The number of carbonyl (C=O) groups is 2. The Morgan fingerprint density at radius 3 is 2.90 bits per heavy atom. The first kappa shape index (κ1) is 16.0. The van der Waals surface area contributed by atoms with E-state index in [2.05, 4.69) is 21.2 Å². The highest BCUT2D eigenvalue weighted by molar-refractivity contribution is 9.10. The fraction of sp³-hybridized carbons (Fsp3) is 0.467. The maximum absolute atomic E-state index is 12.1. The number of aliphatic carboxylic acids is 1. The van der Waals surface area contributed by atoms with Gasteiger partial charge in [-0.2, -0.15) is 0 Å². The number of likely N-dealkylation sites (tertiary alicyclic amines) is 1. The van der Waals surface area contributed by atoms with Crippen molar-refractivity contribution in [3.05, 3.63) is 28.2 Å². The molecule has 0 aliphatic carbocycles. The van der Waals surface area contributed by atoms with E-state index >= 15 is 0 Å². The van der Waals surface area contributed by atoms with Crippen LogP contribution in [0.3, 0.4) is 0 Å². The number of benzene rings is 1. The van der Waals surface area contributed by atoms with E-state index in [4.69, 9.17) is 5.11 Å². The molecule has 114 valence electrons. The Morgan fingerprint density at radius 2 is 2.24 bits per heavy atom. The summed E-state index contributed by atoms with van der Waals surface area (Å²) in [5.41, 5.74) is 1.81. The van der Waals surface area contributed by atoms with Crippen molar-refractivity contribution in [2.45, 2.75) is 19.8 Å². The van der Waals surface area contributed by atoms with Crippen LogP contribution < -0.4 is 5.32 Å². The quantitative estimate of drug-likeness (QED) is 0.852. The molecule has 0 saturated carbocycles. The topological polar surface area (TPSA) is 69.6 Å². The number of carboxylic acid groups (broad SMARTS) is 1. The standard InChI is InChI=1S/C15H19BrN2O3/c1-10-6-12(16)2-3-13(10)17-14(19)9-18-5-4-11(8-18)7-15(20)21/h2-3,6,11H,4-5,7-9H2,1H3,(H,17,19)(H,20,21). The summed E-state index contributed by atoms with van der Waals surface area (Å²) >= 11 is 3.39. The first-order chi connectivity index (χ1) is 9.94. The van der Waals surface area contributed by atoms with Crippen molar-refractivity contribution >= 4 is 33.5 Å². The van der Waals surface area contributed by atoms with E-state index in [9.17, 15) is 9.59 Å². The van der Waals surface area contributed by atoms with E-state index in [1.165, 1.54) is 0 Å². The van der Waals surface area contributed by atoms with Gasteiger partial charge in [0.15, 0.2) is 0 Å². The maximum atomic E-state index is 12.1. The average Bonchev–Trinajstić information content (AvgIpc) is 2.79. The number of halogens is 1. The van der Waals surface area contributed by atoms with Crippen LogP contribution in [-0.2, 0) is 9.59 Å². The predicted octanol–water partition coefficient (Wildman–Crippen LogP) is 2.49. The first-order valence-corrected chi connectivity index (χ1v) is 7.73. The van der Waals surface area contributed by atoms with Crippen LogP contribution in [0.2, 0.25) is 0 Å². The molecule has 1 fully saturated rings. The number of amides is 1. The number of hydrogen-bond acceptors (Lipinski definition) is 3. The third-order valence-corrected chi connectivity index (χ3v) is 4.16. The molecule has 21 heavy (non-hydrogen) atoms. The van der Waals surface area contributed by atoms with E-state index in [0.717, 1.165) is 28.7 Å². The molecule has 1 aromatic carbocycles. The minimum atomic E-state index is -0.767. The van der Waals surface area contributed by atoms with Crippen molar-refractivity contribution in [1.82, 2.24) is 4.90 Å². The Kier molecular flexibility index (Phi) is 5.36. The summed E-state index contributed by atoms with van der Waals surface area (Å²) in [6, 6.07) is 5.71. The highest BCUT2D eigenvalue weighted by Crippen LogP contribution is 2.21.